The van der Waals surface area contributed by atoms with Crippen molar-refractivity contribution >= 4 is 16.8 Å². The van der Waals surface area contributed by atoms with Gasteiger partial charge in [0.1, 0.15) is 0 Å². The van der Waals surface area contributed by atoms with Crippen LogP contribution in [0.5, 0.6) is 0 Å². The highest BCUT2D eigenvalue weighted by atomic mass is 16.2. The van der Waals surface area contributed by atoms with Crippen LogP contribution in [-0.4, -0.2) is 37.1 Å². The third-order valence-electron chi connectivity index (χ3n) is 6.29. The number of benzene rings is 1. The zero-order valence-corrected chi connectivity index (χ0v) is 15.0. The van der Waals surface area contributed by atoms with Crippen LogP contribution in [-0.2, 0) is 11.2 Å². The van der Waals surface area contributed by atoms with Crippen molar-refractivity contribution in [2.45, 2.75) is 38.5 Å². The second kappa shape index (κ2) is 7.61. The summed E-state index contributed by atoms with van der Waals surface area (Å²) in [6.07, 6.45) is 9.90. The normalized spacial score (nSPS) is 26.3. The molecule has 2 aliphatic rings. The first-order valence-electron chi connectivity index (χ1n) is 9.95. The van der Waals surface area contributed by atoms with Crippen LogP contribution in [0.1, 0.15) is 37.7 Å². The smallest absolute Gasteiger partial charge is 0.275 e. The fourth-order valence-electron chi connectivity index (χ4n) is 4.92. The molecule has 2 fully saturated rings. The van der Waals surface area contributed by atoms with Gasteiger partial charge in [0.25, 0.3) is 5.91 Å². The number of para-hydroxylation sites is 1. The Labute approximate surface area is 150 Å². The number of fused-ring (bicyclic) bond motifs is 2. The fraction of sp³-hybridized carbons (Fsp3) is 0.571. The van der Waals surface area contributed by atoms with Crippen molar-refractivity contribution in [3.05, 3.63) is 36.0 Å². The van der Waals surface area contributed by atoms with E-state index >= 15 is 0 Å². The third kappa shape index (κ3) is 3.90. The van der Waals surface area contributed by atoms with E-state index in [1.54, 1.807) is 0 Å². The summed E-state index contributed by atoms with van der Waals surface area (Å²) < 4.78 is 0. The average molecular weight is 340 g/mol. The molecular weight excluding hydrogens is 310 g/mol. The number of aromatic nitrogens is 1. The van der Waals surface area contributed by atoms with Crippen LogP contribution in [0.15, 0.2) is 30.5 Å². The monoisotopic (exact) mass is 340 g/mol. The van der Waals surface area contributed by atoms with Crippen molar-refractivity contribution < 1.29 is 9.69 Å². The van der Waals surface area contributed by atoms with E-state index in [1.807, 2.05) is 6.07 Å². The molecule has 4 rings (SSSR count). The largest absolute Gasteiger partial charge is 0.361 e. The highest BCUT2D eigenvalue weighted by Gasteiger charge is 2.34. The lowest BCUT2D eigenvalue weighted by Crippen LogP contribution is -3.15. The van der Waals surface area contributed by atoms with Crippen LogP contribution in [0.4, 0.5) is 0 Å². The van der Waals surface area contributed by atoms with E-state index in [0.29, 0.717) is 6.54 Å². The lowest BCUT2D eigenvalue weighted by atomic mass is 9.75. The molecule has 1 unspecified atom stereocenters. The number of rotatable bonds is 5. The van der Waals surface area contributed by atoms with Crippen LogP contribution in [0.3, 0.4) is 0 Å². The first-order valence-corrected chi connectivity index (χ1v) is 9.95. The number of aromatic amines is 1. The fourth-order valence-corrected chi connectivity index (χ4v) is 4.92. The molecule has 25 heavy (non-hydrogen) atoms. The topological polar surface area (TPSA) is 49.3 Å². The molecule has 0 spiro atoms. The standard InChI is InChI=1S/C21H29N3O/c25-21(15-24-12-10-16-5-1-2-6-18(16)14-24)22-11-9-17-13-23-20-8-4-3-7-19(17)20/h3-4,7-8,13,16,18,23H,1-2,5-6,9-12,14-15H2,(H,22,25)/p+1/t16-,18+/m0/s1. The quantitative estimate of drug-likeness (QED) is 0.765. The molecule has 2 aromatic rings. The summed E-state index contributed by atoms with van der Waals surface area (Å²) in [4.78, 5) is 17.1. The predicted molar refractivity (Wildman–Crippen MR) is 101 cm³/mol. The summed E-state index contributed by atoms with van der Waals surface area (Å²) in [6.45, 7) is 3.76. The van der Waals surface area contributed by atoms with Crippen molar-refractivity contribution in [1.29, 1.82) is 0 Å². The third-order valence-corrected chi connectivity index (χ3v) is 6.29. The summed E-state index contributed by atoms with van der Waals surface area (Å²) >= 11 is 0. The molecule has 1 amide bonds. The molecule has 134 valence electrons. The molecule has 3 atom stereocenters. The Bertz CT molecular complexity index is 723. The van der Waals surface area contributed by atoms with Crippen molar-refractivity contribution in [3.63, 3.8) is 0 Å². The maximum absolute atomic E-state index is 12.3. The Morgan fingerprint density at radius 2 is 2.00 bits per heavy atom. The van der Waals surface area contributed by atoms with Crippen LogP contribution in [0.25, 0.3) is 10.9 Å². The minimum Gasteiger partial charge on any atom is -0.361 e. The van der Waals surface area contributed by atoms with E-state index in [9.17, 15) is 4.79 Å². The van der Waals surface area contributed by atoms with Crippen molar-refractivity contribution in [2.75, 3.05) is 26.2 Å². The van der Waals surface area contributed by atoms with Gasteiger partial charge in [0.15, 0.2) is 6.54 Å². The minimum absolute atomic E-state index is 0.212. The number of carbonyl (C=O) groups is 1. The number of hydrogen-bond acceptors (Lipinski definition) is 1. The number of carbonyl (C=O) groups excluding carboxylic acids is 1. The SMILES string of the molecule is O=C(C[NH+]1CC[C@@H]2CCCC[C@@H]2C1)NCCc1c[nH]c2ccccc12. The Kier molecular flexibility index (Phi) is 5.07. The molecule has 2 heterocycles. The molecule has 1 aliphatic carbocycles. The van der Waals surface area contributed by atoms with E-state index in [1.165, 1.54) is 66.6 Å². The molecule has 1 aliphatic heterocycles. The first kappa shape index (κ1) is 16.6. The van der Waals surface area contributed by atoms with Gasteiger partial charge in [-0.1, -0.05) is 31.0 Å². The molecule has 3 N–H and O–H groups in total. The molecule has 0 bridgehead atoms. The Morgan fingerprint density at radius 1 is 1.16 bits per heavy atom. The van der Waals surface area contributed by atoms with E-state index in [2.05, 4.69) is 34.7 Å². The van der Waals surface area contributed by atoms with Crippen LogP contribution < -0.4 is 10.2 Å². The number of hydrogen-bond donors (Lipinski definition) is 3. The summed E-state index contributed by atoms with van der Waals surface area (Å²) in [5, 5.41) is 4.40. The van der Waals surface area contributed by atoms with Gasteiger partial charge in [-0.05, 0) is 43.2 Å². The molecule has 4 nitrogen and oxygen atoms in total. The average Bonchev–Trinajstić information content (AvgIpc) is 3.05. The number of amides is 1. The van der Waals surface area contributed by atoms with E-state index < -0.39 is 0 Å². The van der Waals surface area contributed by atoms with E-state index in [4.69, 9.17) is 0 Å². The molecule has 1 aromatic carbocycles. The Morgan fingerprint density at radius 3 is 2.92 bits per heavy atom. The minimum atomic E-state index is 0.212. The summed E-state index contributed by atoms with van der Waals surface area (Å²) in [5.74, 6) is 2.03. The van der Waals surface area contributed by atoms with Gasteiger partial charge in [-0.15, -0.1) is 0 Å². The first-order chi connectivity index (χ1) is 12.3. The van der Waals surface area contributed by atoms with Gasteiger partial charge in [0, 0.05) is 29.6 Å². The van der Waals surface area contributed by atoms with E-state index in [0.717, 1.165) is 24.8 Å². The number of piperidine rings is 1. The van der Waals surface area contributed by atoms with Crippen molar-refractivity contribution in [2.24, 2.45) is 11.8 Å². The Hall–Kier alpha value is -1.81. The highest BCUT2D eigenvalue weighted by Crippen LogP contribution is 2.32. The van der Waals surface area contributed by atoms with Gasteiger partial charge in [-0.3, -0.25) is 4.79 Å². The maximum Gasteiger partial charge on any atom is 0.275 e. The van der Waals surface area contributed by atoms with Gasteiger partial charge in [0.05, 0.1) is 13.1 Å². The molecule has 4 heteroatoms. The van der Waals surface area contributed by atoms with Crippen LogP contribution in [0, 0.1) is 11.8 Å². The lowest BCUT2D eigenvalue weighted by Gasteiger charge is -2.38. The lowest BCUT2D eigenvalue weighted by molar-refractivity contribution is -0.902. The summed E-state index contributed by atoms with van der Waals surface area (Å²) in [5.41, 5.74) is 2.45. The summed E-state index contributed by atoms with van der Waals surface area (Å²) in [7, 11) is 0. The molecule has 1 saturated carbocycles. The Balaban J connectivity index is 1.23. The predicted octanol–water partition coefficient (Wildman–Crippen LogP) is 1.92. The molecule has 0 radical (unpaired) electrons. The van der Waals surface area contributed by atoms with Gasteiger partial charge in [-0.2, -0.15) is 0 Å². The number of H-pyrrole nitrogens is 1. The molecular formula is C21H30N3O+. The number of nitrogens with one attached hydrogen (secondary N) is 3. The number of likely N-dealkylation sites (tertiary alicyclic amines) is 1. The van der Waals surface area contributed by atoms with Gasteiger partial charge >= 0.3 is 0 Å². The molecule has 1 aromatic heterocycles. The maximum atomic E-state index is 12.3. The molecule has 1 saturated heterocycles. The van der Waals surface area contributed by atoms with Gasteiger partial charge in [0.2, 0.25) is 0 Å². The van der Waals surface area contributed by atoms with Crippen LogP contribution >= 0.6 is 0 Å². The highest BCUT2D eigenvalue weighted by molar-refractivity contribution is 5.83. The summed E-state index contributed by atoms with van der Waals surface area (Å²) in [6, 6.07) is 8.34. The zero-order chi connectivity index (χ0) is 17.1. The van der Waals surface area contributed by atoms with Crippen molar-refractivity contribution in [1.82, 2.24) is 10.3 Å². The number of quaternary nitrogens is 1. The van der Waals surface area contributed by atoms with E-state index in [-0.39, 0.29) is 5.91 Å². The second-order valence-electron chi connectivity index (χ2n) is 7.93. The zero-order valence-electron chi connectivity index (χ0n) is 15.0. The van der Waals surface area contributed by atoms with Gasteiger partial charge in [-0.25, -0.2) is 0 Å². The van der Waals surface area contributed by atoms with Crippen molar-refractivity contribution in [3.8, 4) is 0 Å². The second-order valence-corrected chi connectivity index (χ2v) is 7.93. The van der Waals surface area contributed by atoms with Gasteiger partial charge < -0.3 is 15.2 Å². The van der Waals surface area contributed by atoms with Crippen LogP contribution in [0.2, 0.25) is 0 Å².